The second kappa shape index (κ2) is 7.81. The molecule has 1 saturated heterocycles. The first-order valence-corrected chi connectivity index (χ1v) is 9.90. The molecule has 8 heteroatoms. The van der Waals surface area contributed by atoms with Crippen molar-refractivity contribution in [3.8, 4) is 11.3 Å². The Bertz CT molecular complexity index is 1040. The van der Waals surface area contributed by atoms with E-state index in [1.54, 1.807) is 11.1 Å². The summed E-state index contributed by atoms with van der Waals surface area (Å²) in [6.07, 6.45) is 0. The van der Waals surface area contributed by atoms with E-state index in [0.29, 0.717) is 5.76 Å². The van der Waals surface area contributed by atoms with E-state index in [0.717, 1.165) is 15.7 Å². The maximum atomic E-state index is 13.0. The van der Waals surface area contributed by atoms with Crippen LogP contribution in [0.4, 0.5) is 5.69 Å². The quantitative estimate of drug-likeness (QED) is 0.652. The lowest BCUT2D eigenvalue weighted by Gasteiger charge is -2.26. The van der Waals surface area contributed by atoms with Crippen molar-refractivity contribution in [1.29, 1.82) is 0 Å². The zero-order valence-corrected chi connectivity index (χ0v) is 17.5. The van der Waals surface area contributed by atoms with E-state index in [1.165, 1.54) is 0 Å². The number of carbonyl (C=O) groups is 2. The van der Waals surface area contributed by atoms with Crippen molar-refractivity contribution in [3.05, 3.63) is 70.8 Å². The van der Waals surface area contributed by atoms with Crippen LogP contribution in [0.25, 0.3) is 11.3 Å². The molecule has 2 unspecified atom stereocenters. The number of amides is 2. The van der Waals surface area contributed by atoms with Gasteiger partial charge in [0.25, 0.3) is 11.8 Å². The molecule has 2 heterocycles. The molecule has 148 valence electrons. The summed E-state index contributed by atoms with van der Waals surface area (Å²) in [5.41, 5.74) is 1.69. The SMILES string of the molecule is CC1C(NC(=O)c2cc(-c3ccc(Br)cc3)on2)C(=O)N(c2ccccc2)N1C. The number of carbonyl (C=O) groups excluding carboxylic acids is 2. The number of anilines is 1. The molecule has 1 aliphatic heterocycles. The van der Waals surface area contributed by atoms with E-state index in [1.807, 2.05) is 73.6 Å². The van der Waals surface area contributed by atoms with Crippen LogP contribution in [-0.4, -0.2) is 41.1 Å². The van der Waals surface area contributed by atoms with Gasteiger partial charge in [0, 0.05) is 23.2 Å². The highest BCUT2D eigenvalue weighted by Crippen LogP contribution is 2.26. The number of benzene rings is 2. The molecule has 29 heavy (non-hydrogen) atoms. The average molecular weight is 455 g/mol. The number of nitrogens with zero attached hydrogens (tertiary/aromatic N) is 3. The fourth-order valence-electron chi connectivity index (χ4n) is 3.30. The Balaban J connectivity index is 1.51. The Morgan fingerprint density at radius 2 is 1.83 bits per heavy atom. The normalized spacial score (nSPS) is 19.6. The first-order chi connectivity index (χ1) is 14.0. The second-order valence-corrected chi connectivity index (χ2v) is 7.75. The topological polar surface area (TPSA) is 78.7 Å². The van der Waals surface area contributed by atoms with Crippen molar-refractivity contribution >= 4 is 33.4 Å². The molecule has 0 spiro atoms. The smallest absolute Gasteiger partial charge is 0.274 e. The van der Waals surface area contributed by atoms with Gasteiger partial charge in [0.2, 0.25) is 0 Å². The van der Waals surface area contributed by atoms with E-state index < -0.39 is 11.9 Å². The molecule has 0 radical (unpaired) electrons. The van der Waals surface area contributed by atoms with E-state index in [9.17, 15) is 9.59 Å². The maximum Gasteiger partial charge on any atom is 0.274 e. The third-order valence-corrected chi connectivity index (χ3v) is 5.55. The zero-order valence-electron chi connectivity index (χ0n) is 15.9. The third kappa shape index (κ3) is 3.68. The molecule has 1 N–H and O–H groups in total. The number of halogens is 1. The Morgan fingerprint density at radius 1 is 1.14 bits per heavy atom. The van der Waals surface area contributed by atoms with Gasteiger partial charge in [0.15, 0.2) is 11.5 Å². The van der Waals surface area contributed by atoms with Gasteiger partial charge in [-0.2, -0.15) is 0 Å². The lowest BCUT2D eigenvalue weighted by Crippen LogP contribution is -2.45. The van der Waals surface area contributed by atoms with Crippen molar-refractivity contribution in [2.24, 2.45) is 0 Å². The first-order valence-electron chi connectivity index (χ1n) is 9.11. The molecule has 0 bridgehead atoms. The van der Waals surface area contributed by atoms with Gasteiger partial charge in [-0.3, -0.25) is 9.59 Å². The lowest BCUT2D eigenvalue weighted by atomic mass is 10.1. The zero-order chi connectivity index (χ0) is 20.5. The van der Waals surface area contributed by atoms with Gasteiger partial charge < -0.3 is 9.84 Å². The van der Waals surface area contributed by atoms with E-state index in [4.69, 9.17) is 4.52 Å². The third-order valence-electron chi connectivity index (χ3n) is 5.02. The molecule has 0 saturated carbocycles. The summed E-state index contributed by atoms with van der Waals surface area (Å²) in [7, 11) is 1.82. The predicted molar refractivity (Wildman–Crippen MR) is 112 cm³/mol. The fourth-order valence-corrected chi connectivity index (χ4v) is 3.56. The van der Waals surface area contributed by atoms with Crippen molar-refractivity contribution in [2.45, 2.75) is 19.0 Å². The van der Waals surface area contributed by atoms with Crippen LogP contribution in [0.2, 0.25) is 0 Å². The van der Waals surface area contributed by atoms with Crippen molar-refractivity contribution < 1.29 is 14.1 Å². The average Bonchev–Trinajstić information content (AvgIpc) is 3.29. The minimum Gasteiger partial charge on any atom is -0.355 e. The second-order valence-electron chi connectivity index (χ2n) is 6.83. The van der Waals surface area contributed by atoms with Gasteiger partial charge in [-0.15, -0.1) is 0 Å². The molecule has 2 atom stereocenters. The first kappa shape index (κ1) is 19.4. The Labute approximate surface area is 176 Å². The Kier molecular flexibility index (Phi) is 5.21. The van der Waals surface area contributed by atoms with Gasteiger partial charge in [0.05, 0.1) is 11.7 Å². The molecular weight excluding hydrogens is 436 g/mol. The molecule has 1 aliphatic rings. The van der Waals surface area contributed by atoms with E-state index >= 15 is 0 Å². The van der Waals surface area contributed by atoms with Crippen LogP contribution in [0.15, 0.2) is 69.7 Å². The summed E-state index contributed by atoms with van der Waals surface area (Å²) in [6, 6.07) is 17.5. The molecule has 7 nitrogen and oxygen atoms in total. The summed E-state index contributed by atoms with van der Waals surface area (Å²) in [5, 5.41) is 10.1. The van der Waals surface area contributed by atoms with Gasteiger partial charge in [-0.1, -0.05) is 51.4 Å². The largest absolute Gasteiger partial charge is 0.355 e. The minimum absolute atomic E-state index is 0.128. The van der Waals surface area contributed by atoms with Crippen LogP contribution in [0, 0.1) is 0 Å². The number of aromatic nitrogens is 1. The van der Waals surface area contributed by atoms with Gasteiger partial charge in [-0.05, 0) is 31.2 Å². The van der Waals surface area contributed by atoms with Crippen LogP contribution in [-0.2, 0) is 4.79 Å². The van der Waals surface area contributed by atoms with Crippen molar-refractivity contribution in [2.75, 3.05) is 12.1 Å². The van der Waals surface area contributed by atoms with Crippen LogP contribution in [0.3, 0.4) is 0 Å². The molecule has 0 aliphatic carbocycles. The molecule has 1 aromatic heterocycles. The predicted octanol–water partition coefficient (Wildman–Crippen LogP) is 3.48. The fraction of sp³-hybridized carbons (Fsp3) is 0.190. The van der Waals surface area contributed by atoms with E-state index in [-0.39, 0.29) is 17.6 Å². The van der Waals surface area contributed by atoms with Gasteiger partial charge in [-0.25, -0.2) is 10.0 Å². The number of nitrogens with one attached hydrogen (secondary N) is 1. The minimum atomic E-state index is -0.694. The van der Waals surface area contributed by atoms with Crippen LogP contribution >= 0.6 is 15.9 Å². The number of hydrogen-bond donors (Lipinski definition) is 1. The molecular formula is C21H19BrN4O3. The highest BCUT2D eigenvalue weighted by atomic mass is 79.9. The summed E-state index contributed by atoms with van der Waals surface area (Å²) < 4.78 is 6.25. The number of rotatable bonds is 4. The number of hydrazine groups is 1. The van der Waals surface area contributed by atoms with Crippen LogP contribution in [0.1, 0.15) is 17.4 Å². The summed E-state index contributed by atoms with van der Waals surface area (Å²) in [5.74, 6) is -0.168. The maximum absolute atomic E-state index is 13.0. The Morgan fingerprint density at radius 3 is 2.52 bits per heavy atom. The van der Waals surface area contributed by atoms with Crippen LogP contribution < -0.4 is 10.3 Å². The summed E-state index contributed by atoms with van der Waals surface area (Å²) in [4.78, 5) is 25.7. The van der Waals surface area contributed by atoms with Crippen molar-refractivity contribution in [1.82, 2.24) is 15.5 Å². The highest BCUT2D eigenvalue weighted by molar-refractivity contribution is 9.10. The number of para-hydroxylation sites is 1. The number of likely N-dealkylation sites (N-methyl/N-ethyl adjacent to an activating group) is 1. The molecule has 2 amide bonds. The molecule has 2 aromatic carbocycles. The van der Waals surface area contributed by atoms with Crippen molar-refractivity contribution in [3.63, 3.8) is 0 Å². The Hall–Kier alpha value is -2.97. The highest BCUT2D eigenvalue weighted by Gasteiger charge is 2.44. The molecule has 3 aromatic rings. The monoisotopic (exact) mass is 454 g/mol. The number of hydrogen-bond acceptors (Lipinski definition) is 5. The lowest BCUT2D eigenvalue weighted by molar-refractivity contribution is -0.119. The van der Waals surface area contributed by atoms with Crippen LogP contribution in [0.5, 0.6) is 0 Å². The van der Waals surface area contributed by atoms with Gasteiger partial charge >= 0.3 is 0 Å². The van der Waals surface area contributed by atoms with Gasteiger partial charge in [0.1, 0.15) is 6.04 Å². The molecule has 4 rings (SSSR count). The summed E-state index contributed by atoms with van der Waals surface area (Å²) >= 11 is 3.38. The standard InChI is InChI=1S/C21H19BrN4O3/c1-13-19(21(28)26(25(13)2)16-6-4-3-5-7-16)23-20(27)17-12-18(29-24-17)14-8-10-15(22)11-9-14/h3-13,19H,1-2H3,(H,23,27). The molecule has 1 fully saturated rings. The summed E-state index contributed by atoms with van der Waals surface area (Å²) in [6.45, 7) is 1.89. The van der Waals surface area contributed by atoms with E-state index in [2.05, 4.69) is 26.4 Å².